The fraction of sp³-hybridized carbons (Fsp3) is 0.348. The second kappa shape index (κ2) is 10.2. The molecule has 6 nitrogen and oxygen atoms in total. The van der Waals surface area contributed by atoms with Crippen molar-refractivity contribution in [2.24, 2.45) is 4.99 Å². The molecule has 0 fully saturated rings. The average molecular weight is 427 g/mol. The number of aryl methyl sites for hydroxylation is 1. The van der Waals surface area contributed by atoms with Crippen molar-refractivity contribution in [3.63, 3.8) is 0 Å². The number of unbranched alkanes of at least 4 members (excludes halogenated alkanes) is 1. The van der Waals surface area contributed by atoms with Gasteiger partial charge in [0.05, 0.1) is 23.4 Å². The van der Waals surface area contributed by atoms with E-state index >= 15 is 0 Å². The van der Waals surface area contributed by atoms with Crippen LogP contribution in [0.3, 0.4) is 0 Å². The quantitative estimate of drug-likeness (QED) is 0.393. The van der Waals surface area contributed by atoms with E-state index in [0.717, 1.165) is 28.6 Å². The van der Waals surface area contributed by atoms with Crippen LogP contribution in [0.4, 0.5) is 0 Å². The second-order valence-electron chi connectivity index (χ2n) is 6.89. The third kappa shape index (κ3) is 5.36. The molecule has 7 heteroatoms. The number of fused-ring (bicyclic) bond motifs is 1. The highest BCUT2D eigenvalue weighted by molar-refractivity contribution is 7.16. The van der Waals surface area contributed by atoms with Crippen LogP contribution in [0.1, 0.15) is 42.6 Å². The summed E-state index contributed by atoms with van der Waals surface area (Å²) in [7, 11) is 0. The molecule has 2 aromatic carbocycles. The van der Waals surface area contributed by atoms with Gasteiger partial charge < -0.3 is 14.0 Å². The molecule has 0 saturated heterocycles. The van der Waals surface area contributed by atoms with E-state index in [4.69, 9.17) is 9.47 Å². The Morgan fingerprint density at radius 1 is 1.13 bits per heavy atom. The van der Waals surface area contributed by atoms with Crippen molar-refractivity contribution in [1.82, 2.24) is 4.57 Å². The first kappa shape index (κ1) is 21.8. The van der Waals surface area contributed by atoms with Crippen LogP contribution in [-0.4, -0.2) is 29.7 Å². The molecule has 0 spiro atoms. The maximum absolute atomic E-state index is 12.9. The zero-order valence-corrected chi connectivity index (χ0v) is 18.3. The van der Waals surface area contributed by atoms with Crippen molar-refractivity contribution < 1.29 is 19.1 Å². The minimum atomic E-state index is -0.378. The van der Waals surface area contributed by atoms with Crippen LogP contribution in [-0.2, 0) is 16.1 Å². The average Bonchev–Trinajstić information content (AvgIpc) is 3.04. The number of hydrogen-bond acceptors (Lipinski definition) is 5. The van der Waals surface area contributed by atoms with Gasteiger partial charge in [-0.3, -0.25) is 9.59 Å². The highest BCUT2D eigenvalue weighted by atomic mass is 32.1. The van der Waals surface area contributed by atoms with Crippen LogP contribution in [0, 0.1) is 6.92 Å². The number of carbonyl (C=O) groups is 2. The second-order valence-corrected chi connectivity index (χ2v) is 7.90. The molecule has 30 heavy (non-hydrogen) atoms. The highest BCUT2D eigenvalue weighted by Crippen LogP contribution is 2.20. The molecule has 0 aliphatic carbocycles. The van der Waals surface area contributed by atoms with Crippen LogP contribution in [0.15, 0.2) is 47.5 Å². The number of amides is 1. The van der Waals surface area contributed by atoms with E-state index < -0.39 is 0 Å². The summed E-state index contributed by atoms with van der Waals surface area (Å²) in [4.78, 5) is 29.8. The van der Waals surface area contributed by atoms with Gasteiger partial charge in [-0.15, -0.1) is 0 Å². The summed E-state index contributed by atoms with van der Waals surface area (Å²) >= 11 is 1.38. The number of aromatic nitrogens is 1. The van der Waals surface area contributed by atoms with Crippen LogP contribution in [0.5, 0.6) is 5.75 Å². The summed E-state index contributed by atoms with van der Waals surface area (Å²) in [6.45, 7) is 6.78. The number of rotatable bonds is 8. The molecule has 3 aromatic rings. The number of benzene rings is 2. The lowest BCUT2D eigenvalue weighted by molar-refractivity contribution is -0.143. The van der Waals surface area contributed by atoms with Gasteiger partial charge in [-0.25, -0.2) is 0 Å². The van der Waals surface area contributed by atoms with Crippen molar-refractivity contribution in [1.29, 1.82) is 0 Å². The standard InChI is InChI=1S/C23H26N2O4S/c1-4-6-12-29-18-9-7-8-17(14-18)22(27)24-23-25(15-21(26)28-5-2)19-11-10-16(3)13-20(19)30-23/h7-11,13-14H,4-6,12,15H2,1-3H3. The zero-order valence-electron chi connectivity index (χ0n) is 17.5. The lowest BCUT2D eigenvalue weighted by Gasteiger charge is -2.06. The summed E-state index contributed by atoms with van der Waals surface area (Å²) in [5.41, 5.74) is 2.39. The van der Waals surface area contributed by atoms with Gasteiger partial charge in [-0.2, -0.15) is 4.99 Å². The summed E-state index contributed by atoms with van der Waals surface area (Å²) < 4.78 is 13.5. The molecule has 0 bridgehead atoms. The Kier molecular flexibility index (Phi) is 7.41. The lowest BCUT2D eigenvalue weighted by atomic mass is 10.2. The largest absolute Gasteiger partial charge is 0.494 e. The minimum absolute atomic E-state index is 0.00316. The fourth-order valence-electron chi connectivity index (χ4n) is 2.96. The Balaban J connectivity index is 1.97. The van der Waals surface area contributed by atoms with Gasteiger partial charge >= 0.3 is 5.97 Å². The molecule has 0 saturated carbocycles. The van der Waals surface area contributed by atoms with E-state index in [9.17, 15) is 9.59 Å². The number of thiazole rings is 1. The third-order valence-electron chi connectivity index (χ3n) is 4.48. The van der Waals surface area contributed by atoms with Crippen LogP contribution in [0.25, 0.3) is 10.2 Å². The Bertz CT molecular complexity index is 1110. The summed E-state index contributed by atoms with van der Waals surface area (Å²) in [5, 5.41) is 0. The Labute approximate surface area is 179 Å². The topological polar surface area (TPSA) is 69.9 Å². The molecule has 0 aliphatic rings. The van der Waals surface area contributed by atoms with Gasteiger partial charge in [0.2, 0.25) is 0 Å². The minimum Gasteiger partial charge on any atom is -0.494 e. The zero-order chi connectivity index (χ0) is 21.5. The van der Waals surface area contributed by atoms with Gasteiger partial charge in [-0.05, 0) is 56.2 Å². The summed E-state index contributed by atoms with van der Waals surface area (Å²) in [5.74, 6) is -0.0920. The van der Waals surface area contributed by atoms with Crippen molar-refractivity contribution in [2.75, 3.05) is 13.2 Å². The maximum Gasteiger partial charge on any atom is 0.326 e. The molecule has 0 N–H and O–H groups in total. The SMILES string of the molecule is CCCCOc1cccc(C(=O)N=c2sc3cc(C)ccc3n2CC(=O)OCC)c1. The number of ether oxygens (including phenoxy) is 2. The van der Waals surface area contributed by atoms with Gasteiger partial charge in [0.25, 0.3) is 5.91 Å². The van der Waals surface area contributed by atoms with Gasteiger partial charge in [0.15, 0.2) is 4.80 Å². The highest BCUT2D eigenvalue weighted by Gasteiger charge is 2.13. The van der Waals surface area contributed by atoms with Crippen molar-refractivity contribution in [3.8, 4) is 5.75 Å². The van der Waals surface area contributed by atoms with Crippen molar-refractivity contribution >= 4 is 33.4 Å². The van der Waals surface area contributed by atoms with E-state index in [1.165, 1.54) is 11.3 Å². The van der Waals surface area contributed by atoms with E-state index in [1.807, 2.05) is 31.2 Å². The predicted octanol–water partition coefficient (Wildman–Crippen LogP) is 4.49. The normalized spacial score (nSPS) is 11.6. The van der Waals surface area contributed by atoms with Crippen molar-refractivity contribution in [3.05, 3.63) is 58.4 Å². The molecular weight excluding hydrogens is 400 g/mol. The Morgan fingerprint density at radius 3 is 2.73 bits per heavy atom. The van der Waals surface area contributed by atoms with Crippen LogP contribution in [0.2, 0.25) is 0 Å². The maximum atomic E-state index is 12.9. The smallest absolute Gasteiger partial charge is 0.326 e. The van der Waals surface area contributed by atoms with E-state index in [2.05, 4.69) is 11.9 Å². The fourth-order valence-corrected chi connectivity index (χ4v) is 4.08. The van der Waals surface area contributed by atoms with Crippen molar-refractivity contribution in [2.45, 2.75) is 40.2 Å². The Hall–Kier alpha value is -2.93. The predicted molar refractivity (Wildman–Crippen MR) is 118 cm³/mol. The monoisotopic (exact) mass is 426 g/mol. The molecule has 3 rings (SSSR count). The molecular formula is C23H26N2O4S. The molecule has 0 unspecified atom stereocenters. The van der Waals surface area contributed by atoms with Crippen LogP contribution >= 0.6 is 11.3 Å². The molecule has 1 aromatic heterocycles. The Morgan fingerprint density at radius 2 is 1.97 bits per heavy atom. The molecule has 0 aliphatic heterocycles. The van der Waals surface area contributed by atoms with Gasteiger partial charge in [0, 0.05) is 5.56 Å². The third-order valence-corrected chi connectivity index (χ3v) is 5.52. The van der Waals surface area contributed by atoms with Crippen LogP contribution < -0.4 is 9.54 Å². The number of carbonyl (C=O) groups excluding carboxylic acids is 2. The number of hydrogen-bond donors (Lipinski definition) is 0. The molecule has 0 atom stereocenters. The van der Waals surface area contributed by atoms with Gasteiger partial charge in [0.1, 0.15) is 12.3 Å². The first-order valence-electron chi connectivity index (χ1n) is 10.1. The number of esters is 1. The lowest BCUT2D eigenvalue weighted by Crippen LogP contribution is -2.23. The molecule has 1 heterocycles. The first-order chi connectivity index (χ1) is 14.5. The summed E-state index contributed by atoms with van der Waals surface area (Å²) in [6, 6.07) is 13.0. The first-order valence-corrected chi connectivity index (χ1v) is 10.9. The summed E-state index contributed by atoms with van der Waals surface area (Å²) in [6.07, 6.45) is 2.00. The number of nitrogens with zero attached hydrogens (tertiary/aromatic N) is 2. The van der Waals surface area contributed by atoms with Gasteiger partial charge in [-0.1, -0.05) is 36.8 Å². The van der Waals surface area contributed by atoms with E-state index in [0.29, 0.717) is 29.3 Å². The molecule has 1 amide bonds. The van der Waals surface area contributed by atoms with E-state index in [1.54, 1.807) is 29.7 Å². The molecule has 0 radical (unpaired) electrons. The molecule has 158 valence electrons. The van der Waals surface area contributed by atoms with E-state index in [-0.39, 0.29) is 18.4 Å².